The number of hydrogen-bond acceptors (Lipinski definition) is 4. The fourth-order valence-corrected chi connectivity index (χ4v) is 8.05. The van der Waals surface area contributed by atoms with Gasteiger partial charge in [-0.15, -0.1) is 0 Å². The van der Waals surface area contributed by atoms with Gasteiger partial charge in [0.25, 0.3) is 0 Å². The predicted molar refractivity (Wildman–Crippen MR) is 227 cm³/mol. The zero-order chi connectivity index (χ0) is 36.3. The Bertz CT molecular complexity index is 3180. The maximum Gasteiger partial charge on any atom is 0.160 e. The third-order valence-corrected chi connectivity index (χ3v) is 10.7. The lowest BCUT2D eigenvalue weighted by atomic mass is 9.92. The molecule has 0 fully saturated rings. The van der Waals surface area contributed by atoms with E-state index in [4.69, 9.17) is 19.4 Å². The van der Waals surface area contributed by atoms with Gasteiger partial charge in [-0.2, -0.15) is 0 Å². The summed E-state index contributed by atoms with van der Waals surface area (Å²) in [5.41, 5.74) is 11.5. The number of hydrogen-bond donors (Lipinski definition) is 0. The Kier molecular flexibility index (Phi) is 7.14. The summed E-state index contributed by atoms with van der Waals surface area (Å²) in [4.78, 5) is 15.7. The molecular weight excluding hydrogens is 671 g/mol. The Balaban J connectivity index is 1.11. The van der Waals surface area contributed by atoms with Crippen molar-refractivity contribution in [3.63, 3.8) is 0 Å². The number of benzene rings is 8. The fourth-order valence-electron chi connectivity index (χ4n) is 8.05. The van der Waals surface area contributed by atoms with E-state index in [1.54, 1.807) is 0 Å². The van der Waals surface area contributed by atoms with E-state index >= 15 is 0 Å². The summed E-state index contributed by atoms with van der Waals surface area (Å²) in [6.07, 6.45) is 0. The van der Waals surface area contributed by atoms with Gasteiger partial charge in [-0.25, -0.2) is 15.0 Å². The van der Waals surface area contributed by atoms with Gasteiger partial charge in [0.2, 0.25) is 0 Å². The van der Waals surface area contributed by atoms with Crippen LogP contribution in [-0.4, -0.2) is 15.0 Å². The highest BCUT2D eigenvalue weighted by Crippen LogP contribution is 2.44. The molecule has 0 saturated carbocycles. The van der Waals surface area contributed by atoms with E-state index < -0.39 is 0 Å². The first-order valence-electron chi connectivity index (χ1n) is 18.5. The monoisotopic (exact) mass is 701 g/mol. The van der Waals surface area contributed by atoms with Crippen molar-refractivity contribution >= 4 is 54.4 Å². The van der Waals surface area contributed by atoms with Crippen LogP contribution in [0.4, 0.5) is 0 Å². The molecule has 4 nitrogen and oxygen atoms in total. The third-order valence-electron chi connectivity index (χ3n) is 10.7. The van der Waals surface area contributed by atoms with Crippen LogP contribution in [0.5, 0.6) is 0 Å². The lowest BCUT2D eigenvalue weighted by Gasteiger charge is -2.14. The zero-order valence-corrected chi connectivity index (χ0v) is 29.6. The molecule has 55 heavy (non-hydrogen) atoms. The van der Waals surface area contributed by atoms with Gasteiger partial charge in [-0.05, 0) is 51.4 Å². The van der Waals surface area contributed by atoms with Crippen LogP contribution in [0.2, 0.25) is 0 Å². The molecule has 0 aliphatic rings. The van der Waals surface area contributed by atoms with Gasteiger partial charge in [-0.1, -0.05) is 164 Å². The van der Waals surface area contributed by atoms with Crippen molar-refractivity contribution in [2.24, 2.45) is 0 Å². The molecule has 0 radical (unpaired) electrons. The van der Waals surface area contributed by atoms with Gasteiger partial charge in [0.05, 0.1) is 28.0 Å². The summed E-state index contributed by atoms with van der Waals surface area (Å²) in [7, 11) is 0. The quantitative estimate of drug-likeness (QED) is 0.168. The Morgan fingerprint density at radius 2 is 0.945 bits per heavy atom. The highest BCUT2D eigenvalue weighted by Gasteiger charge is 2.22. The van der Waals surface area contributed by atoms with E-state index in [1.165, 1.54) is 16.2 Å². The van der Waals surface area contributed by atoms with Crippen molar-refractivity contribution in [3.8, 4) is 56.3 Å². The van der Waals surface area contributed by atoms with Crippen molar-refractivity contribution in [3.05, 3.63) is 188 Å². The number of pyridine rings is 1. The molecule has 0 aliphatic carbocycles. The normalized spacial score (nSPS) is 11.6. The summed E-state index contributed by atoms with van der Waals surface area (Å²) in [6.45, 7) is 0. The van der Waals surface area contributed by atoms with Crippen molar-refractivity contribution in [1.82, 2.24) is 15.0 Å². The molecule has 4 heteroatoms. The standard InChI is InChI=1S/C51H31N3O/c1-3-14-33(15-4-1)44-31-45(53-51(52-44)35-16-5-2-6-17-35)34-28-26-32(27-29-34)38-23-13-24-42-48(38)54-49(47-41-22-11-12-25-46(41)55-50(42)47)43-30-36-18-7-8-19-37(36)39-20-9-10-21-40(39)43/h1-31H. The largest absolute Gasteiger partial charge is 0.455 e. The molecule has 0 bridgehead atoms. The fraction of sp³-hybridized carbons (Fsp3) is 0. The molecule has 0 saturated heterocycles. The molecule has 3 aromatic heterocycles. The summed E-state index contributed by atoms with van der Waals surface area (Å²) < 4.78 is 6.74. The minimum atomic E-state index is 0.697. The molecule has 11 aromatic rings. The lowest BCUT2D eigenvalue weighted by Crippen LogP contribution is -1.96. The van der Waals surface area contributed by atoms with Gasteiger partial charge in [0, 0.05) is 38.6 Å². The maximum atomic E-state index is 6.74. The van der Waals surface area contributed by atoms with E-state index in [0.717, 1.165) is 88.7 Å². The van der Waals surface area contributed by atoms with E-state index in [2.05, 4.69) is 140 Å². The number of nitrogens with zero attached hydrogens (tertiary/aromatic N) is 3. The minimum absolute atomic E-state index is 0.697. The van der Waals surface area contributed by atoms with E-state index in [9.17, 15) is 0 Å². The molecule has 0 spiro atoms. The number of furan rings is 1. The van der Waals surface area contributed by atoms with E-state index in [-0.39, 0.29) is 0 Å². The second-order valence-corrected chi connectivity index (χ2v) is 13.9. The Labute approximate surface area is 317 Å². The summed E-state index contributed by atoms with van der Waals surface area (Å²) >= 11 is 0. The van der Waals surface area contributed by atoms with E-state index in [0.29, 0.717) is 5.82 Å². The molecule has 8 aromatic carbocycles. The van der Waals surface area contributed by atoms with Gasteiger partial charge >= 0.3 is 0 Å². The molecule has 0 aliphatic heterocycles. The minimum Gasteiger partial charge on any atom is -0.455 e. The van der Waals surface area contributed by atoms with Gasteiger partial charge < -0.3 is 4.42 Å². The topological polar surface area (TPSA) is 51.8 Å². The van der Waals surface area contributed by atoms with Crippen LogP contribution in [0.3, 0.4) is 0 Å². The van der Waals surface area contributed by atoms with Crippen LogP contribution < -0.4 is 0 Å². The second kappa shape index (κ2) is 12.6. The Morgan fingerprint density at radius 1 is 0.364 bits per heavy atom. The Morgan fingerprint density at radius 3 is 1.71 bits per heavy atom. The van der Waals surface area contributed by atoms with Gasteiger partial charge in [0.1, 0.15) is 11.2 Å². The smallest absolute Gasteiger partial charge is 0.160 e. The van der Waals surface area contributed by atoms with Crippen LogP contribution >= 0.6 is 0 Å². The van der Waals surface area contributed by atoms with Crippen LogP contribution in [0, 0.1) is 0 Å². The average molecular weight is 702 g/mol. The summed E-state index contributed by atoms with van der Waals surface area (Å²) in [5.74, 6) is 0.697. The summed E-state index contributed by atoms with van der Waals surface area (Å²) in [6, 6.07) is 65.4. The maximum absolute atomic E-state index is 6.74. The predicted octanol–water partition coefficient (Wildman–Crippen LogP) is 13.6. The van der Waals surface area contributed by atoms with Crippen LogP contribution in [0.1, 0.15) is 0 Å². The van der Waals surface area contributed by atoms with E-state index in [1.807, 2.05) is 48.5 Å². The molecular formula is C51H31N3O. The molecule has 11 rings (SSSR count). The van der Waals surface area contributed by atoms with Crippen LogP contribution in [0.25, 0.3) is 111 Å². The highest BCUT2D eigenvalue weighted by atomic mass is 16.3. The van der Waals surface area contributed by atoms with Crippen LogP contribution in [0.15, 0.2) is 192 Å². The summed E-state index contributed by atoms with van der Waals surface area (Å²) in [5, 5.41) is 7.85. The molecule has 256 valence electrons. The van der Waals surface area contributed by atoms with Gasteiger partial charge in [0.15, 0.2) is 5.82 Å². The molecule has 0 atom stereocenters. The van der Waals surface area contributed by atoms with Crippen LogP contribution in [-0.2, 0) is 0 Å². The number of fused-ring (bicyclic) bond motifs is 8. The number of aromatic nitrogens is 3. The first kappa shape index (κ1) is 31.1. The lowest BCUT2D eigenvalue weighted by molar-refractivity contribution is 0.672. The highest BCUT2D eigenvalue weighted by molar-refractivity contribution is 6.24. The molecule has 3 heterocycles. The first-order chi connectivity index (χ1) is 27.3. The van der Waals surface area contributed by atoms with Crippen molar-refractivity contribution in [1.29, 1.82) is 0 Å². The number of para-hydroxylation sites is 2. The van der Waals surface area contributed by atoms with Gasteiger partial charge in [-0.3, -0.25) is 0 Å². The van der Waals surface area contributed by atoms with Crippen molar-refractivity contribution in [2.45, 2.75) is 0 Å². The average Bonchev–Trinajstić information content (AvgIpc) is 3.66. The zero-order valence-electron chi connectivity index (χ0n) is 29.6. The first-order valence-corrected chi connectivity index (χ1v) is 18.5. The SMILES string of the molecule is c1ccc(-c2cc(-c3ccc(-c4cccc5c4nc(-c4cc6ccccc6c6ccccc46)c4c6ccccc6oc54)cc3)nc(-c3ccccc3)n2)cc1. The molecule has 0 amide bonds. The molecule has 0 unspecified atom stereocenters. The Hall–Kier alpha value is -7.43. The van der Waals surface area contributed by atoms with Crippen molar-refractivity contribution in [2.75, 3.05) is 0 Å². The van der Waals surface area contributed by atoms with Crippen molar-refractivity contribution < 1.29 is 4.42 Å². The molecule has 0 N–H and O–H groups in total. The number of rotatable bonds is 5. The second-order valence-electron chi connectivity index (χ2n) is 13.9. The third kappa shape index (κ3) is 5.19.